The van der Waals surface area contributed by atoms with Gasteiger partial charge in [-0.05, 0) is 20.8 Å². The van der Waals surface area contributed by atoms with Crippen LogP contribution in [-0.4, -0.2) is 47.6 Å². The third kappa shape index (κ3) is 4.87. The Kier molecular flexibility index (Phi) is 4.52. The summed E-state index contributed by atoms with van der Waals surface area (Å²) in [5, 5.41) is 0. The molecule has 1 fully saturated rings. The lowest BCUT2D eigenvalue weighted by atomic mass is 10.2. The fraction of sp³-hybridized carbons (Fsp3) is 0.818. The van der Waals surface area contributed by atoms with Crippen LogP contribution in [0.5, 0.6) is 0 Å². The van der Waals surface area contributed by atoms with Crippen molar-refractivity contribution >= 4 is 12.0 Å². The predicted molar refractivity (Wildman–Crippen MR) is 61.5 cm³/mol. The molecule has 0 aromatic rings. The second-order valence-electron chi connectivity index (χ2n) is 5.47. The highest BCUT2D eigenvalue weighted by Gasteiger charge is 2.45. The van der Waals surface area contributed by atoms with Crippen LogP contribution in [-0.2, 0) is 14.3 Å². The van der Waals surface area contributed by atoms with Crippen molar-refractivity contribution in [1.82, 2.24) is 4.90 Å². The summed E-state index contributed by atoms with van der Waals surface area (Å²) in [6.45, 7) is 4.40. The van der Waals surface area contributed by atoms with E-state index in [0.29, 0.717) is 0 Å². The van der Waals surface area contributed by atoms with E-state index in [1.54, 1.807) is 20.8 Å². The van der Waals surface area contributed by atoms with Gasteiger partial charge in [0.25, 0.3) is 0 Å². The summed E-state index contributed by atoms with van der Waals surface area (Å²) in [6.07, 6.45) is -7.38. The third-order valence-electron chi connectivity index (χ3n) is 2.52. The van der Waals surface area contributed by atoms with E-state index in [4.69, 9.17) is 10.5 Å². The summed E-state index contributed by atoms with van der Waals surface area (Å²) in [5.41, 5.74) is 4.26. The number of hydrogen-bond donors (Lipinski definition) is 1. The Bertz CT molecular complexity index is 392. The first kappa shape index (κ1) is 16.5. The number of alkyl halides is 3. The number of ether oxygens (including phenoxy) is 2. The number of carbonyl (C=O) groups excluding carboxylic acids is 2. The van der Waals surface area contributed by atoms with Gasteiger partial charge in [-0.2, -0.15) is 0 Å². The van der Waals surface area contributed by atoms with E-state index in [0.717, 1.165) is 4.90 Å². The molecule has 0 spiro atoms. The highest BCUT2D eigenvalue weighted by atomic mass is 19.4. The largest absolute Gasteiger partial charge is 0.522 e. The molecule has 0 aromatic carbocycles. The lowest BCUT2D eigenvalue weighted by Gasteiger charge is -2.27. The number of nitrogens with two attached hydrogens (primary N) is 1. The lowest BCUT2D eigenvalue weighted by Crippen LogP contribution is -2.45. The van der Waals surface area contributed by atoms with E-state index in [1.165, 1.54) is 0 Å². The van der Waals surface area contributed by atoms with Gasteiger partial charge >= 0.3 is 12.5 Å². The van der Waals surface area contributed by atoms with Crippen LogP contribution in [0.2, 0.25) is 0 Å². The SMILES string of the molecule is CC(C)(C)OC(=O)N1C[C@@H](OC(F)(F)F)C[C@H]1C(N)=O. The molecule has 0 radical (unpaired) electrons. The molecule has 1 heterocycles. The van der Waals surface area contributed by atoms with Crippen LogP contribution < -0.4 is 5.73 Å². The summed E-state index contributed by atoms with van der Waals surface area (Å²) in [5.74, 6) is -0.899. The standard InChI is InChI=1S/C11H17F3N2O4/c1-10(2,3)20-9(18)16-5-6(19-11(12,13)14)4-7(16)8(15)17/h6-7H,4-5H2,1-3H3,(H2,15,17)/t6-,7-/m0/s1. The van der Waals surface area contributed by atoms with Crippen molar-refractivity contribution in [3.05, 3.63) is 0 Å². The average Bonchev–Trinajstić information content (AvgIpc) is 2.56. The predicted octanol–water partition coefficient (Wildman–Crippen LogP) is 1.39. The molecular weight excluding hydrogens is 281 g/mol. The maximum Gasteiger partial charge on any atom is 0.522 e. The molecule has 20 heavy (non-hydrogen) atoms. The molecule has 0 unspecified atom stereocenters. The first-order chi connectivity index (χ1) is 8.89. The second kappa shape index (κ2) is 5.47. The van der Waals surface area contributed by atoms with Gasteiger partial charge < -0.3 is 10.5 Å². The molecule has 0 aromatic heterocycles. The van der Waals surface area contributed by atoms with Gasteiger partial charge in [-0.25, -0.2) is 4.79 Å². The van der Waals surface area contributed by atoms with Gasteiger partial charge in [0.05, 0.1) is 12.6 Å². The number of carbonyl (C=O) groups is 2. The van der Waals surface area contributed by atoms with Gasteiger partial charge in [-0.15, -0.1) is 13.2 Å². The van der Waals surface area contributed by atoms with Gasteiger partial charge in [-0.1, -0.05) is 0 Å². The number of amides is 2. The fourth-order valence-corrected chi connectivity index (χ4v) is 1.86. The van der Waals surface area contributed by atoms with Gasteiger partial charge in [-0.3, -0.25) is 14.4 Å². The summed E-state index contributed by atoms with van der Waals surface area (Å²) < 4.78 is 45.3. The van der Waals surface area contributed by atoms with E-state index in [-0.39, 0.29) is 6.42 Å². The molecule has 1 aliphatic heterocycles. The molecule has 6 nitrogen and oxygen atoms in total. The van der Waals surface area contributed by atoms with Gasteiger partial charge in [0, 0.05) is 6.42 Å². The molecule has 9 heteroatoms. The Balaban J connectivity index is 2.78. The summed E-state index contributed by atoms with van der Waals surface area (Å²) >= 11 is 0. The molecule has 1 saturated heterocycles. The van der Waals surface area contributed by atoms with Gasteiger partial charge in [0.15, 0.2) is 0 Å². The van der Waals surface area contributed by atoms with Crippen molar-refractivity contribution in [3.8, 4) is 0 Å². The number of halogens is 3. The number of rotatable bonds is 2. The van der Waals surface area contributed by atoms with Crippen LogP contribution in [0.3, 0.4) is 0 Å². The maximum atomic E-state index is 12.2. The minimum absolute atomic E-state index is 0.311. The molecule has 0 saturated carbocycles. The Morgan fingerprint density at radius 3 is 2.20 bits per heavy atom. The monoisotopic (exact) mass is 298 g/mol. The van der Waals surface area contributed by atoms with E-state index in [1.807, 2.05) is 0 Å². The van der Waals surface area contributed by atoms with E-state index < -0.39 is 42.7 Å². The van der Waals surface area contributed by atoms with Crippen LogP contribution in [0.15, 0.2) is 0 Å². The topological polar surface area (TPSA) is 81.9 Å². The third-order valence-corrected chi connectivity index (χ3v) is 2.52. The van der Waals surface area contributed by atoms with Gasteiger partial charge in [0.2, 0.25) is 5.91 Å². The van der Waals surface area contributed by atoms with Gasteiger partial charge in [0.1, 0.15) is 11.6 Å². The Labute approximate surface area is 114 Å². The number of likely N-dealkylation sites (tertiary alicyclic amines) is 1. The number of nitrogens with zero attached hydrogens (tertiary/aromatic N) is 1. The smallest absolute Gasteiger partial charge is 0.444 e. The summed E-state index contributed by atoms with van der Waals surface area (Å²) in [6, 6.07) is -1.17. The zero-order valence-corrected chi connectivity index (χ0v) is 11.4. The van der Waals surface area contributed by atoms with Crippen LogP contribution in [0.1, 0.15) is 27.2 Å². The molecule has 116 valence electrons. The minimum Gasteiger partial charge on any atom is -0.444 e. The minimum atomic E-state index is -4.84. The van der Waals surface area contributed by atoms with Crippen LogP contribution in [0.25, 0.3) is 0 Å². The number of primary amides is 1. The highest BCUT2D eigenvalue weighted by molar-refractivity contribution is 5.85. The fourth-order valence-electron chi connectivity index (χ4n) is 1.86. The molecule has 2 N–H and O–H groups in total. The molecule has 0 aliphatic carbocycles. The Morgan fingerprint density at radius 1 is 1.25 bits per heavy atom. The first-order valence-electron chi connectivity index (χ1n) is 5.92. The zero-order valence-electron chi connectivity index (χ0n) is 11.4. The molecule has 1 aliphatic rings. The van der Waals surface area contributed by atoms with Crippen LogP contribution in [0.4, 0.5) is 18.0 Å². The second-order valence-corrected chi connectivity index (χ2v) is 5.47. The Hall–Kier alpha value is -1.51. The molecular formula is C11H17F3N2O4. The molecule has 2 amide bonds. The first-order valence-corrected chi connectivity index (χ1v) is 5.92. The molecule has 2 atom stereocenters. The van der Waals surface area contributed by atoms with Crippen molar-refractivity contribution < 1.29 is 32.2 Å². The van der Waals surface area contributed by atoms with Crippen molar-refractivity contribution in [2.24, 2.45) is 5.73 Å². The van der Waals surface area contributed by atoms with Crippen molar-refractivity contribution in [2.45, 2.75) is 51.3 Å². The van der Waals surface area contributed by atoms with Crippen molar-refractivity contribution in [1.29, 1.82) is 0 Å². The lowest BCUT2D eigenvalue weighted by molar-refractivity contribution is -0.340. The van der Waals surface area contributed by atoms with Crippen LogP contribution in [0, 0.1) is 0 Å². The highest BCUT2D eigenvalue weighted by Crippen LogP contribution is 2.28. The Morgan fingerprint density at radius 2 is 1.80 bits per heavy atom. The normalized spacial score (nSPS) is 23.8. The maximum absolute atomic E-state index is 12.2. The average molecular weight is 298 g/mol. The number of hydrogen-bond acceptors (Lipinski definition) is 4. The van der Waals surface area contributed by atoms with Crippen molar-refractivity contribution in [3.63, 3.8) is 0 Å². The van der Waals surface area contributed by atoms with E-state index >= 15 is 0 Å². The quantitative estimate of drug-likeness (QED) is 0.835. The summed E-state index contributed by atoms with van der Waals surface area (Å²) in [7, 11) is 0. The van der Waals surface area contributed by atoms with Crippen LogP contribution >= 0.6 is 0 Å². The van der Waals surface area contributed by atoms with E-state index in [9.17, 15) is 22.8 Å². The summed E-state index contributed by atoms with van der Waals surface area (Å²) in [4.78, 5) is 23.9. The zero-order chi connectivity index (χ0) is 15.7. The molecule has 1 rings (SSSR count). The molecule has 0 bridgehead atoms. The van der Waals surface area contributed by atoms with Crippen molar-refractivity contribution in [2.75, 3.05) is 6.54 Å². The van der Waals surface area contributed by atoms with E-state index in [2.05, 4.69) is 4.74 Å².